The number of aliphatic hydroxyl groups is 3. The number of methoxy groups -OCH3 is 3. The van der Waals surface area contributed by atoms with Crippen LogP contribution in [0.1, 0.15) is 69.2 Å². The first-order valence-electron chi connectivity index (χ1n) is 18.5. The summed E-state index contributed by atoms with van der Waals surface area (Å²) in [6.07, 6.45) is 1.07. The molecule has 7 bridgehead atoms. The number of para-hydroxylation sites is 1. The van der Waals surface area contributed by atoms with Crippen molar-refractivity contribution >= 4 is 23.5 Å². The number of nitrogens with zero attached hydrogens (tertiary/aromatic N) is 2. The fourth-order valence-electron chi connectivity index (χ4n) is 13.3. The van der Waals surface area contributed by atoms with Crippen LogP contribution in [0, 0.1) is 40.4 Å². The number of carbonyl (C=O) groups is 3. The van der Waals surface area contributed by atoms with Crippen molar-refractivity contribution in [3.63, 3.8) is 0 Å². The molecule has 0 radical (unpaired) electrons. The molecule has 14 unspecified atom stereocenters. The average Bonchev–Trinajstić information content (AvgIpc) is 3.62. The molecule has 274 valence electrons. The molecule has 2 aliphatic heterocycles. The molecule has 2 saturated heterocycles. The van der Waals surface area contributed by atoms with Gasteiger partial charge in [0.25, 0.3) is 0 Å². The first-order chi connectivity index (χ1) is 23.9. The first kappa shape index (κ1) is 34.6. The van der Waals surface area contributed by atoms with E-state index < -0.39 is 64.2 Å². The molecule has 7 aliphatic rings. The number of ether oxygens (including phenoxy) is 4. The van der Waals surface area contributed by atoms with Crippen molar-refractivity contribution in [3.8, 4) is 0 Å². The highest BCUT2D eigenvalue weighted by atomic mass is 16.5. The molecule has 5 aliphatic carbocycles. The Morgan fingerprint density at radius 2 is 1.82 bits per heavy atom. The van der Waals surface area contributed by atoms with E-state index in [2.05, 4.69) is 11.8 Å². The van der Waals surface area contributed by atoms with Gasteiger partial charge in [-0.05, 0) is 56.7 Å². The summed E-state index contributed by atoms with van der Waals surface area (Å²) in [6, 6.07) is 6.07. The van der Waals surface area contributed by atoms with Crippen molar-refractivity contribution in [2.24, 2.45) is 40.4 Å². The Morgan fingerprint density at radius 1 is 1.06 bits per heavy atom. The average molecular weight is 697 g/mol. The molecule has 8 rings (SSSR count). The maximum absolute atomic E-state index is 14.1. The highest BCUT2D eigenvalue weighted by molar-refractivity contribution is 6.22. The van der Waals surface area contributed by atoms with Gasteiger partial charge in [-0.1, -0.05) is 26.0 Å². The van der Waals surface area contributed by atoms with Crippen molar-refractivity contribution in [1.29, 1.82) is 0 Å². The van der Waals surface area contributed by atoms with Gasteiger partial charge < -0.3 is 34.3 Å². The summed E-state index contributed by atoms with van der Waals surface area (Å²) in [6.45, 7) is 5.12. The summed E-state index contributed by atoms with van der Waals surface area (Å²) in [4.78, 5) is 43.8. The van der Waals surface area contributed by atoms with Crippen molar-refractivity contribution < 1.29 is 48.7 Å². The molecule has 5 saturated carbocycles. The van der Waals surface area contributed by atoms with Gasteiger partial charge >= 0.3 is 5.97 Å². The maximum Gasteiger partial charge on any atom is 0.340 e. The standard InChI is InChI=1S/C38H52N2O10/c1-6-14-39-18-35(19-50-33(44)21-10-8-9-11-24(21)40-27(41)15-20(7-2)32(40)43)13-12-26(48-4)37-23-16-22-25(47-3)17-36(45,28(23)29(22)42)38(46,34(37)39)31(49-5)30(35)37/h8-11,20,22-23,25-26,28-31,34,42,45-46H,6-7,12-19H2,1-5H3. The van der Waals surface area contributed by atoms with Crippen LogP contribution in [0.5, 0.6) is 0 Å². The van der Waals surface area contributed by atoms with Crippen molar-refractivity contribution in [1.82, 2.24) is 4.90 Å². The zero-order valence-electron chi connectivity index (χ0n) is 29.7. The molecule has 1 aromatic carbocycles. The fraction of sp³-hybridized carbons (Fsp3) is 0.763. The van der Waals surface area contributed by atoms with E-state index in [-0.39, 0.29) is 66.4 Å². The van der Waals surface area contributed by atoms with Crippen LogP contribution in [0.2, 0.25) is 0 Å². The quantitative estimate of drug-likeness (QED) is 0.244. The van der Waals surface area contributed by atoms with Crippen LogP contribution in [0.4, 0.5) is 5.69 Å². The predicted octanol–water partition coefficient (Wildman–Crippen LogP) is 2.16. The lowest BCUT2D eigenvalue weighted by Gasteiger charge is -2.70. The number of anilines is 1. The summed E-state index contributed by atoms with van der Waals surface area (Å²) in [5, 5.41) is 38.3. The summed E-state index contributed by atoms with van der Waals surface area (Å²) < 4.78 is 25.0. The van der Waals surface area contributed by atoms with E-state index in [0.29, 0.717) is 38.8 Å². The van der Waals surface area contributed by atoms with Crippen LogP contribution in [0.3, 0.4) is 0 Å². The lowest BCUT2D eigenvalue weighted by Crippen LogP contribution is -2.82. The number of piperidine rings is 1. The number of hydrogen-bond acceptors (Lipinski definition) is 11. The van der Waals surface area contributed by atoms with Crippen LogP contribution in [-0.2, 0) is 28.5 Å². The van der Waals surface area contributed by atoms with E-state index >= 15 is 0 Å². The molecule has 1 spiro atoms. The Kier molecular flexibility index (Phi) is 8.16. The second-order valence-electron chi connectivity index (χ2n) is 16.4. The third kappa shape index (κ3) is 3.99. The van der Waals surface area contributed by atoms with Gasteiger partial charge in [-0.15, -0.1) is 0 Å². The lowest BCUT2D eigenvalue weighted by atomic mass is 9.42. The minimum absolute atomic E-state index is 0.00780. The number of rotatable bonds is 10. The monoisotopic (exact) mass is 696 g/mol. The Bertz CT molecular complexity index is 1570. The minimum atomic E-state index is -1.78. The van der Waals surface area contributed by atoms with E-state index in [1.807, 2.05) is 6.92 Å². The van der Waals surface area contributed by atoms with E-state index in [4.69, 9.17) is 18.9 Å². The van der Waals surface area contributed by atoms with Crippen LogP contribution in [0.15, 0.2) is 24.3 Å². The molecule has 0 aromatic heterocycles. The number of imide groups is 1. The third-order valence-electron chi connectivity index (χ3n) is 14.8. The second kappa shape index (κ2) is 11.8. The molecular weight excluding hydrogens is 644 g/mol. The second-order valence-corrected chi connectivity index (χ2v) is 16.4. The highest BCUT2D eigenvalue weighted by Gasteiger charge is 2.91. The number of likely N-dealkylation sites (tertiary alicyclic amines) is 1. The SMILES string of the molecule is CCCN1CC2(COC(=O)c3ccccc3N3C(=O)CC(CC)C3=O)CCC(OC)C34C5CC6C(OC)CC(O)(C5C6O)C(O)(C(OC)C23)C14. The molecule has 7 fully saturated rings. The third-order valence-corrected chi connectivity index (χ3v) is 14.8. The minimum Gasteiger partial charge on any atom is -0.461 e. The van der Waals surface area contributed by atoms with E-state index in [9.17, 15) is 29.7 Å². The number of esters is 1. The Labute approximate surface area is 293 Å². The van der Waals surface area contributed by atoms with Crippen LogP contribution < -0.4 is 4.90 Å². The van der Waals surface area contributed by atoms with Gasteiger partial charge in [0.15, 0.2) is 0 Å². The summed E-state index contributed by atoms with van der Waals surface area (Å²) in [5.41, 5.74) is -4.52. The van der Waals surface area contributed by atoms with Crippen molar-refractivity contribution in [2.45, 2.75) is 100 Å². The zero-order valence-corrected chi connectivity index (χ0v) is 29.7. The van der Waals surface area contributed by atoms with Gasteiger partial charge in [0.2, 0.25) is 11.8 Å². The Balaban J connectivity index is 1.22. The Hall–Kier alpha value is -2.45. The number of hydrogen-bond donors (Lipinski definition) is 3. The van der Waals surface area contributed by atoms with Crippen LogP contribution in [-0.4, -0.2) is 121 Å². The summed E-state index contributed by atoms with van der Waals surface area (Å²) >= 11 is 0. The van der Waals surface area contributed by atoms with Gasteiger partial charge in [0.05, 0.1) is 48.3 Å². The lowest BCUT2D eigenvalue weighted by molar-refractivity contribution is -0.319. The zero-order chi connectivity index (χ0) is 35.5. The largest absolute Gasteiger partial charge is 0.461 e. The van der Waals surface area contributed by atoms with Crippen molar-refractivity contribution in [2.75, 3.05) is 45.9 Å². The number of carbonyl (C=O) groups excluding carboxylic acids is 3. The number of fused-ring (bicyclic) bond motifs is 2. The topological polar surface area (TPSA) is 155 Å². The maximum atomic E-state index is 14.1. The smallest absolute Gasteiger partial charge is 0.340 e. The normalized spacial score (nSPS) is 47.2. The Morgan fingerprint density at radius 3 is 2.48 bits per heavy atom. The van der Waals surface area contributed by atoms with E-state index in [1.54, 1.807) is 45.6 Å². The molecule has 3 N–H and O–H groups in total. The summed E-state index contributed by atoms with van der Waals surface area (Å²) in [7, 11) is 4.89. The van der Waals surface area contributed by atoms with Gasteiger partial charge in [-0.25, -0.2) is 9.69 Å². The molecule has 14 atom stereocenters. The fourth-order valence-corrected chi connectivity index (χ4v) is 13.3. The van der Waals surface area contributed by atoms with Gasteiger partial charge in [-0.3, -0.25) is 14.5 Å². The molecule has 50 heavy (non-hydrogen) atoms. The van der Waals surface area contributed by atoms with Crippen LogP contribution in [0.25, 0.3) is 0 Å². The number of benzene rings is 1. The van der Waals surface area contributed by atoms with E-state index in [0.717, 1.165) is 11.3 Å². The van der Waals surface area contributed by atoms with Gasteiger partial charge in [0, 0.05) is 75.2 Å². The predicted molar refractivity (Wildman–Crippen MR) is 179 cm³/mol. The molecule has 2 amide bonds. The first-order valence-corrected chi connectivity index (χ1v) is 18.5. The van der Waals surface area contributed by atoms with E-state index in [1.165, 1.54) is 0 Å². The van der Waals surface area contributed by atoms with Gasteiger partial charge in [0.1, 0.15) is 11.2 Å². The molecule has 12 heteroatoms. The molecular formula is C38H52N2O10. The summed E-state index contributed by atoms with van der Waals surface area (Å²) in [5.74, 6) is -3.07. The number of aliphatic hydroxyl groups excluding tert-OH is 1. The highest BCUT2D eigenvalue weighted by Crippen LogP contribution is 2.80. The van der Waals surface area contributed by atoms with Crippen LogP contribution >= 0.6 is 0 Å². The number of amides is 2. The van der Waals surface area contributed by atoms with Gasteiger partial charge in [-0.2, -0.15) is 0 Å². The molecule has 2 heterocycles. The van der Waals surface area contributed by atoms with Crippen molar-refractivity contribution in [3.05, 3.63) is 29.8 Å². The molecule has 1 aromatic rings. The molecule has 12 nitrogen and oxygen atoms in total.